The van der Waals surface area contributed by atoms with E-state index in [1.165, 1.54) is 31.3 Å². The first-order chi connectivity index (χ1) is 12.1. The highest BCUT2D eigenvalue weighted by molar-refractivity contribution is 7.88. The zero-order chi connectivity index (χ0) is 19.3. The number of nitrogens with zero attached hydrogens (tertiary/aromatic N) is 1. The van der Waals surface area contributed by atoms with Crippen molar-refractivity contribution < 1.29 is 22.0 Å². The first kappa shape index (κ1) is 19.9. The van der Waals surface area contributed by atoms with Crippen LogP contribution in [0.1, 0.15) is 30.0 Å². The van der Waals surface area contributed by atoms with E-state index in [2.05, 4.69) is 5.32 Å². The van der Waals surface area contributed by atoms with E-state index in [4.69, 9.17) is 4.42 Å². The molecule has 1 amide bonds. The van der Waals surface area contributed by atoms with Crippen molar-refractivity contribution in [3.8, 4) is 0 Å². The first-order valence-electron chi connectivity index (χ1n) is 7.89. The Morgan fingerprint density at radius 1 is 1.27 bits per heavy atom. The lowest BCUT2D eigenvalue weighted by atomic mass is 10.1. The molecule has 0 radical (unpaired) electrons. The summed E-state index contributed by atoms with van der Waals surface area (Å²) in [5.74, 6) is 0.250. The molecule has 2 rings (SSSR count). The summed E-state index contributed by atoms with van der Waals surface area (Å²) in [6, 6.07) is 8.93. The Bertz CT molecular complexity index is 888. The SMILES string of the molecule is C[C@H](NC(=O)/C=C/c1ccc(CN(C)S(C)(=O)=O)o1)c1ccc(F)cc1. The van der Waals surface area contributed by atoms with E-state index in [9.17, 15) is 17.6 Å². The quantitative estimate of drug-likeness (QED) is 0.749. The van der Waals surface area contributed by atoms with Crippen LogP contribution in [0.5, 0.6) is 0 Å². The van der Waals surface area contributed by atoms with E-state index in [-0.39, 0.29) is 24.3 Å². The molecule has 140 valence electrons. The Hall–Kier alpha value is -2.45. The van der Waals surface area contributed by atoms with Gasteiger partial charge in [-0.25, -0.2) is 12.8 Å². The van der Waals surface area contributed by atoms with Crippen molar-refractivity contribution in [2.24, 2.45) is 0 Å². The molecule has 0 unspecified atom stereocenters. The van der Waals surface area contributed by atoms with E-state index >= 15 is 0 Å². The number of hydrogen-bond acceptors (Lipinski definition) is 4. The molecular formula is C18H21FN2O4S. The van der Waals surface area contributed by atoms with Crippen LogP contribution in [-0.4, -0.2) is 31.9 Å². The number of rotatable bonds is 7. The van der Waals surface area contributed by atoms with E-state index in [1.54, 1.807) is 31.2 Å². The topological polar surface area (TPSA) is 79.6 Å². The van der Waals surface area contributed by atoms with Gasteiger partial charge in [0.15, 0.2) is 0 Å². The number of benzene rings is 1. The summed E-state index contributed by atoms with van der Waals surface area (Å²) in [5, 5.41) is 2.77. The summed E-state index contributed by atoms with van der Waals surface area (Å²) in [6.45, 7) is 1.91. The van der Waals surface area contributed by atoms with Gasteiger partial charge in [0.05, 0.1) is 18.8 Å². The second-order valence-electron chi connectivity index (χ2n) is 5.94. The number of amides is 1. The van der Waals surface area contributed by atoms with Crippen molar-refractivity contribution >= 4 is 22.0 Å². The lowest BCUT2D eigenvalue weighted by molar-refractivity contribution is -0.117. The molecule has 1 aromatic carbocycles. The molecule has 1 N–H and O–H groups in total. The van der Waals surface area contributed by atoms with E-state index in [1.807, 2.05) is 0 Å². The minimum atomic E-state index is -3.29. The van der Waals surface area contributed by atoms with Crippen LogP contribution >= 0.6 is 0 Å². The van der Waals surface area contributed by atoms with Crippen molar-refractivity contribution in [2.75, 3.05) is 13.3 Å². The van der Waals surface area contributed by atoms with Gasteiger partial charge in [0.1, 0.15) is 17.3 Å². The van der Waals surface area contributed by atoms with E-state index in [0.29, 0.717) is 11.5 Å². The van der Waals surface area contributed by atoms with Crippen molar-refractivity contribution in [1.82, 2.24) is 9.62 Å². The van der Waals surface area contributed by atoms with Gasteiger partial charge in [0, 0.05) is 13.1 Å². The van der Waals surface area contributed by atoms with Crippen LogP contribution in [0.15, 0.2) is 46.9 Å². The largest absolute Gasteiger partial charge is 0.460 e. The molecule has 1 aromatic heterocycles. The van der Waals surface area contributed by atoms with Gasteiger partial charge in [-0.05, 0) is 42.8 Å². The fourth-order valence-corrected chi connectivity index (χ4v) is 2.52. The second kappa shape index (κ2) is 8.29. The molecular weight excluding hydrogens is 359 g/mol. The maximum atomic E-state index is 12.9. The number of nitrogens with one attached hydrogen (secondary N) is 1. The maximum Gasteiger partial charge on any atom is 0.244 e. The molecule has 2 aromatic rings. The van der Waals surface area contributed by atoms with E-state index in [0.717, 1.165) is 16.1 Å². The predicted molar refractivity (Wildman–Crippen MR) is 97.0 cm³/mol. The molecule has 0 aliphatic carbocycles. The average Bonchev–Trinajstić information content (AvgIpc) is 3.00. The highest BCUT2D eigenvalue weighted by Gasteiger charge is 2.13. The van der Waals surface area contributed by atoms with Gasteiger partial charge in [-0.1, -0.05) is 12.1 Å². The predicted octanol–water partition coefficient (Wildman–Crippen LogP) is 2.70. The highest BCUT2D eigenvalue weighted by Crippen LogP contribution is 2.14. The second-order valence-corrected chi connectivity index (χ2v) is 8.03. The Balaban J connectivity index is 1.93. The number of halogens is 1. The van der Waals surface area contributed by atoms with Gasteiger partial charge in [-0.3, -0.25) is 4.79 Å². The van der Waals surface area contributed by atoms with Crippen molar-refractivity contribution in [3.05, 3.63) is 65.4 Å². The van der Waals surface area contributed by atoms with Gasteiger partial charge < -0.3 is 9.73 Å². The lowest BCUT2D eigenvalue weighted by Gasteiger charge is -2.12. The molecule has 1 atom stereocenters. The van der Waals surface area contributed by atoms with Crippen LogP contribution < -0.4 is 5.32 Å². The van der Waals surface area contributed by atoms with Crippen LogP contribution in [0.3, 0.4) is 0 Å². The summed E-state index contributed by atoms with van der Waals surface area (Å²) in [6.07, 6.45) is 3.93. The molecule has 0 bridgehead atoms. The normalized spacial score (nSPS) is 13.3. The molecule has 1 heterocycles. The number of furan rings is 1. The molecule has 0 saturated heterocycles. The Morgan fingerprint density at radius 2 is 1.92 bits per heavy atom. The smallest absolute Gasteiger partial charge is 0.244 e. The molecule has 0 fully saturated rings. The van der Waals surface area contributed by atoms with Crippen molar-refractivity contribution in [2.45, 2.75) is 19.5 Å². The van der Waals surface area contributed by atoms with Crippen LogP contribution in [-0.2, 0) is 21.4 Å². The standard InChI is InChI=1S/C18H21FN2O4S/c1-13(14-4-6-15(19)7-5-14)20-18(22)11-10-16-8-9-17(25-16)12-21(2)26(3,23)24/h4-11,13H,12H2,1-3H3,(H,20,22)/b11-10+/t13-/m0/s1. The summed E-state index contributed by atoms with van der Waals surface area (Å²) in [7, 11) is -1.84. The minimum absolute atomic E-state index is 0.112. The summed E-state index contributed by atoms with van der Waals surface area (Å²) in [4.78, 5) is 12.0. The van der Waals surface area contributed by atoms with Gasteiger partial charge in [-0.2, -0.15) is 4.31 Å². The van der Waals surface area contributed by atoms with Crippen LogP contribution in [0.4, 0.5) is 4.39 Å². The van der Waals surface area contributed by atoms with Crippen LogP contribution in [0.25, 0.3) is 6.08 Å². The van der Waals surface area contributed by atoms with Crippen LogP contribution in [0.2, 0.25) is 0 Å². The highest BCUT2D eigenvalue weighted by atomic mass is 32.2. The van der Waals surface area contributed by atoms with Gasteiger partial charge in [0.25, 0.3) is 0 Å². The Labute approximate surface area is 152 Å². The monoisotopic (exact) mass is 380 g/mol. The van der Waals surface area contributed by atoms with Gasteiger partial charge in [-0.15, -0.1) is 0 Å². The van der Waals surface area contributed by atoms with Crippen molar-refractivity contribution in [1.29, 1.82) is 0 Å². The number of sulfonamides is 1. The van der Waals surface area contributed by atoms with E-state index < -0.39 is 10.0 Å². The summed E-state index contributed by atoms with van der Waals surface area (Å²) < 4.78 is 42.4. The molecule has 0 saturated carbocycles. The number of hydrogen-bond donors (Lipinski definition) is 1. The zero-order valence-electron chi connectivity index (χ0n) is 14.8. The van der Waals surface area contributed by atoms with Crippen molar-refractivity contribution in [3.63, 3.8) is 0 Å². The Morgan fingerprint density at radius 3 is 2.54 bits per heavy atom. The average molecular weight is 380 g/mol. The third-order valence-corrected chi connectivity index (χ3v) is 5.02. The molecule has 0 aliphatic rings. The lowest BCUT2D eigenvalue weighted by Crippen LogP contribution is -2.24. The third kappa shape index (κ3) is 5.82. The first-order valence-corrected chi connectivity index (χ1v) is 9.74. The fraction of sp³-hybridized carbons (Fsp3) is 0.278. The molecule has 8 heteroatoms. The molecule has 0 spiro atoms. The van der Waals surface area contributed by atoms with Crippen LogP contribution in [0, 0.1) is 5.82 Å². The summed E-state index contributed by atoms with van der Waals surface area (Å²) in [5.41, 5.74) is 0.789. The minimum Gasteiger partial charge on any atom is -0.460 e. The van der Waals surface area contributed by atoms with Gasteiger partial charge >= 0.3 is 0 Å². The zero-order valence-corrected chi connectivity index (χ0v) is 15.6. The number of carbonyl (C=O) groups is 1. The molecule has 26 heavy (non-hydrogen) atoms. The third-order valence-electron chi connectivity index (χ3n) is 3.75. The molecule has 6 nitrogen and oxygen atoms in total. The molecule has 0 aliphatic heterocycles. The summed E-state index contributed by atoms with van der Waals surface area (Å²) >= 11 is 0. The van der Waals surface area contributed by atoms with Gasteiger partial charge in [0.2, 0.25) is 15.9 Å². The fourth-order valence-electron chi connectivity index (χ4n) is 2.16. The maximum absolute atomic E-state index is 12.9. The number of carbonyl (C=O) groups excluding carboxylic acids is 1. The Kier molecular flexibility index (Phi) is 6.33.